The first kappa shape index (κ1) is 25.3. The summed E-state index contributed by atoms with van der Waals surface area (Å²) in [6.07, 6.45) is 2.72. The Kier molecular flexibility index (Phi) is 6.30. The number of rotatable bonds is 7. The zero-order chi connectivity index (χ0) is 27.9. The normalized spacial score (nSPS) is 16.8. The minimum atomic E-state index is -1.16. The van der Waals surface area contributed by atoms with Crippen LogP contribution in [-0.2, 0) is 9.59 Å². The smallest absolute Gasteiger partial charge is 0.257 e. The van der Waals surface area contributed by atoms with Crippen LogP contribution in [0.1, 0.15) is 36.5 Å². The van der Waals surface area contributed by atoms with Crippen molar-refractivity contribution >= 4 is 40.0 Å². The number of benzene rings is 3. The minimum absolute atomic E-state index is 0.218. The molecule has 1 unspecified atom stereocenters. The van der Waals surface area contributed by atoms with E-state index in [0.717, 1.165) is 0 Å². The molecular formula is C30H25FN4O5. The zero-order valence-corrected chi connectivity index (χ0v) is 21.5. The number of aromatic nitrogens is 1. The minimum Gasteiger partial charge on any atom is -0.470 e. The first-order chi connectivity index (χ1) is 19.3. The van der Waals surface area contributed by atoms with Gasteiger partial charge in [-0.15, -0.1) is 0 Å². The predicted octanol–water partition coefficient (Wildman–Crippen LogP) is 5.38. The van der Waals surface area contributed by atoms with E-state index in [4.69, 9.17) is 9.47 Å². The van der Waals surface area contributed by atoms with Crippen LogP contribution in [0.15, 0.2) is 72.9 Å². The van der Waals surface area contributed by atoms with Gasteiger partial charge in [-0.3, -0.25) is 19.4 Å². The molecule has 4 aromatic rings. The molecular weight excluding hydrogens is 515 g/mol. The molecule has 9 nitrogen and oxygen atoms in total. The average molecular weight is 541 g/mol. The summed E-state index contributed by atoms with van der Waals surface area (Å²) >= 11 is 0. The summed E-state index contributed by atoms with van der Waals surface area (Å²) in [7, 11) is 0. The molecule has 1 aliphatic heterocycles. The first-order valence-electron chi connectivity index (χ1n) is 12.9. The Bertz CT molecular complexity index is 1630. The molecule has 40 heavy (non-hydrogen) atoms. The summed E-state index contributed by atoms with van der Waals surface area (Å²) in [5.74, 6) is 0.0309. The quantitative estimate of drug-likeness (QED) is 0.271. The van der Waals surface area contributed by atoms with E-state index in [-0.39, 0.29) is 12.1 Å². The molecule has 3 N–H and O–H groups in total. The predicted molar refractivity (Wildman–Crippen MR) is 146 cm³/mol. The largest absolute Gasteiger partial charge is 0.470 e. The van der Waals surface area contributed by atoms with Crippen molar-refractivity contribution in [3.63, 3.8) is 0 Å². The molecule has 0 bridgehead atoms. The van der Waals surface area contributed by atoms with Gasteiger partial charge in [-0.2, -0.15) is 0 Å². The Morgan fingerprint density at radius 2 is 1.68 bits per heavy atom. The number of amides is 3. The van der Waals surface area contributed by atoms with E-state index in [1.54, 1.807) is 48.7 Å². The van der Waals surface area contributed by atoms with Gasteiger partial charge in [0.15, 0.2) is 6.23 Å². The van der Waals surface area contributed by atoms with Crippen LogP contribution in [0.25, 0.3) is 10.9 Å². The lowest BCUT2D eigenvalue weighted by Crippen LogP contribution is -2.42. The van der Waals surface area contributed by atoms with Gasteiger partial charge in [-0.1, -0.05) is 6.92 Å². The summed E-state index contributed by atoms with van der Waals surface area (Å²) in [5, 5.41) is 8.96. The number of hydrogen-bond donors (Lipinski definition) is 3. The van der Waals surface area contributed by atoms with Crippen molar-refractivity contribution in [1.82, 2.24) is 10.3 Å². The summed E-state index contributed by atoms with van der Waals surface area (Å²) in [6, 6.07) is 17.3. The second-order valence-electron chi connectivity index (χ2n) is 9.79. The highest BCUT2D eigenvalue weighted by Crippen LogP contribution is 2.47. The lowest BCUT2D eigenvalue weighted by Gasteiger charge is -2.26. The van der Waals surface area contributed by atoms with E-state index in [2.05, 4.69) is 20.9 Å². The van der Waals surface area contributed by atoms with Gasteiger partial charge in [-0.05, 0) is 73.5 Å². The van der Waals surface area contributed by atoms with Gasteiger partial charge in [0.1, 0.15) is 28.5 Å². The van der Waals surface area contributed by atoms with Gasteiger partial charge in [0, 0.05) is 35.4 Å². The van der Waals surface area contributed by atoms with E-state index >= 15 is 0 Å². The van der Waals surface area contributed by atoms with E-state index in [1.807, 2.05) is 6.92 Å². The number of nitrogens with one attached hydrogen (secondary N) is 3. The number of carbonyl (C=O) groups is 3. The molecule has 0 radical (unpaired) electrons. The van der Waals surface area contributed by atoms with Crippen LogP contribution in [0.2, 0.25) is 0 Å². The molecule has 0 saturated heterocycles. The highest BCUT2D eigenvalue weighted by molar-refractivity contribution is 6.17. The Morgan fingerprint density at radius 3 is 2.30 bits per heavy atom. The van der Waals surface area contributed by atoms with Crippen LogP contribution in [0.5, 0.6) is 17.2 Å². The number of anilines is 2. The van der Waals surface area contributed by atoms with Gasteiger partial charge in [0.05, 0.1) is 11.1 Å². The van der Waals surface area contributed by atoms with Gasteiger partial charge >= 0.3 is 0 Å². The molecule has 202 valence electrons. The van der Waals surface area contributed by atoms with Crippen molar-refractivity contribution < 1.29 is 28.2 Å². The fraction of sp³-hybridized carbons (Fsp3) is 0.200. The fourth-order valence-electron chi connectivity index (χ4n) is 4.55. The molecule has 2 heterocycles. The van der Waals surface area contributed by atoms with E-state index in [1.165, 1.54) is 24.3 Å². The summed E-state index contributed by atoms with van der Waals surface area (Å²) in [5.41, 5.74) is 0.802. The maximum atomic E-state index is 13.2. The standard InChI is InChI=1S/C30H25FN4O5/c1-2-26-35-27(36)22-15-21-23(16-25(22)40-26)32-14-11-24(21)39-20-9-7-19(8-10-20)34-29(38)30(12-13-30)28(37)33-18-5-3-17(31)4-6-18/h3-11,14-16,26H,2,12-13H2,1H3,(H,33,37)(H,34,38)(H,35,36). The van der Waals surface area contributed by atoms with Crippen molar-refractivity contribution in [3.8, 4) is 17.2 Å². The van der Waals surface area contributed by atoms with Crippen LogP contribution in [0.4, 0.5) is 15.8 Å². The van der Waals surface area contributed by atoms with Crippen LogP contribution >= 0.6 is 0 Å². The number of pyridine rings is 1. The van der Waals surface area contributed by atoms with Crippen molar-refractivity contribution in [2.24, 2.45) is 5.41 Å². The Labute approximate surface area is 228 Å². The van der Waals surface area contributed by atoms with E-state index < -0.39 is 23.0 Å². The highest BCUT2D eigenvalue weighted by Gasteiger charge is 2.56. The van der Waals surface area contributed by atoms with Crippen LogP contribution in [0, 0.1) is 11.2 Å². The fourth-order valence-corrected chi connectivity index (χ4v) is 4.55. The van der Waals surface area contributed by atoms with Crippen molar-refractivity contribution in [3.05, 3.63) is 84.3 Å². The molecule has 1 fully saturated rings. The van der Waals surface area contributed by atoms with E-state index in [0.29, 0.717) is 64.4 Å². The van der Waals surface area contributed by atoms with Crippen molar-refractivity contribution in [1.29, 1.82) is 0 Å². The number of nitrogens with zero attached hydrogens (tertiary/aromatic N) is 1. The average Bonchev–Trinajstić information content (AvgIpc) is 3.77. The summed E-state index contributed by atoms with van der Waals surface area (Å²) in [4.78, 5) is 42.8. The second kappa shape index (κ2) is 9.96. The van der Waals surface area contributed by atoms with Crippen LogP contribution in [0.3, 0.4) is 0 Å². The van der Waals surface area contributed by atoms with Crippen molar-refractivity contribution in [2.45, 2.75) is 32.4 Å². The number of halogens is 1. The Hall–Kier alpha value is -4.99. The maximum Gasteiger partial charge on any atom is 0.257 e. The van der Waals surface area contributed by atoms with Crippen molar-refractivity contribution in [2.75, 3.05) is 10.6 Å². The molecule has 3 amide bonds. The number of fused-ring (bicyclic) bond motifs is 2. The molecule has 1 aliphatic carbocycles. The lowest BCUT2D eigenvalue weighted by atomic mass is 10.0. The van der Waals surface area contributed by atoms with Gasteiger partial charge in [0.2, 0.25) is 11.8 Å². The molecule has 10 heteroatoms. The molecule has 1 atom stereocenters. The summed E-state index contributed by atoms with van der Waals surface area (Å²) in [6.45, 7) is 1.93. The van der Waals surface area contributed by atoms with Crippen LogP contribution < -0.4 is 25.4 Å². The Balaban J connectivity index is 1.15. The van der Waals surface area contributed by atoms with E-state index in [9.17, 15) is 18.8 Å². The SMILES string of the molecule is CCC1NC(=O)c2cc3c(Oc4ccc(NC(=O)C5(C(=O)Nc6ccc(F)cc6)CC5)cc4)ccnc3cc2O1. The topological polar surface area (TPSA) is 119 Å². The number of ether oxygens (including phenoxy) is 2. The summed E-state index contributed by atoms with van der Waals surface area (Å²) < 4.78 is 25.1. The third-order valence-electron chi connectivity index (χ3n) is 7.04. The van der Waals surface area contributed by atoms with Gasteiger partial charge in [-0.25, -0.2) is 4.39 Å². The maximum absolute atomic E-state index is 13.2. The molecule has 1 aromatic heterocycles. The molecule has 6 rings (SSSR count). The third-order valence-corrected chi connectivity index (χ3v) is 7.04. The highest BCUT2D eigenvalue weighted by atomic mass is 19.1. The number of carbonyl (C=O) groups excluding carboxylic acids is 3. The molecule has 0 spiro atoms. The molecule has 1 saturated carbocycles. The zero-order valence-electron chi connectivity index (χ0n) is 21.5. The van der Waals surface area contributed by atoms with Gasteiger partial charge < -0.3 is 25.4 Å². The first-order valence-corrected chi connectivity index (χ1v) is 12.9. The second-order valence-corrected chi connectivity index (χ2v) is 9.79. The monoisotopic (exact) mass is 540 g/mol. The van der Waals surface area contributed by atoms with Crippen LogP contribution in [-0.4, -0.2) is 28.9 Å². The third kappa shape index (κ3) is 4.79. The Morgan fingerprint density at radius 1 is 1.02 bits per heavy atom. The number of hydrogen-bond acceptors (Lipinski definition) is 6. The molecule has 2 aliphatic rings. The lowest BCUT2D eigenvalue weighted by molar-refractivity contribution is -0.131. The molecule has 3 aromatic carbocycles. The van der Waals surface area contributed by atoms with Gasteiger partial charge in [0.25, 0.3) is 5.91 Å².